The summed E-state index contributed by atoms with van der Waals surface area (Å²) in [7, 11) is -2.30. The number of piperazine rings is 1. The maximum atomic E-state index is 13.2. The zero-order chi connectivity index (χ0) is 19.6. The fourth-order valence-corrected chi connectivity index (χ4v) is 4.75. The van der Waals surface area contributed by atoms with Crippen LogP contribution >= 0.6 is 0 Å². The zero-order valence-electron chi connectivity index (χ0n) is 15.7. The normalized spacial score (nSPS) is 18.4. The van der Waals surface area contributed by atoms with Crippen LogP contribution in [0.15, 0.2) is 53.4 Å². The molecule has 0 saturated carbocycles. The summed E-state index contributed by atoms with van der Waals surface area (Å²) in [6, 6.07) is 12.9. The van der Waals surface area contributed by atoms with Crippen LogP contribution in [0.2, 0.25) is 0 Å². The van der Waals surface area contributed by atoms with Crippen molar-refractivity contribution in [2.45, 2.75) is 30.7 Å². The number of benzene rings is 2. The average Bonchev–Trinajstić information content (AvgIpc) is 2.68. The van der Waals surface area contributed by atoms with Crippen LogP contribution in [0, 0.1) is 0 Å². The quantitative estimate of drug-likeness (QED) is 0.854. The predicted octanol–water partition coefficient (Wildman–Crippen LogP) is 2.68. The lowest BCUT2D eigenvalue weighted by Gasteiger charge is -2.34. The largest absolute Gasteiger partial charge is 0.497 e. The topological polar surface area (TPSA) is 75.7 Å². The second-order valence-electron chi connectivity index (χ2n) is 6.81. The minimum atomic E-state index is -3.83. The summed E-state index contributed by atoms with van der Waals surface area (Å²) in [4.78, 5) is 12.7. The maximum Gasteiger partial charge on any atom is 0.244 e. The first kappa shape index (κ1) is 19.4. The molecule has 1 heterocycles. The van der Waals surface area contributed by atoms with E-state index in [4.69, 9.17) is 4.74 Å². The van der Waals surface area contributed by atoms with E-state index in [0.29, 0.717) is 17.2 Å². The molecule has 1 aliphatic rings. The lowest BCUT2D eigenvalue weighted by atomic mass is 9.98. The first-order valence-corrected chi connectivity index (χ1v) is 10.3. The molecule has 27 heavy (non-hydrogen) atoms. The highest BCUT2D eigenvalue weighted by Crippen LogP contribution is 2.31. The number of rotatable bonds is 5. The molecule has 7 heteroatoms. The summed E-state index contributed by atoms with van der Waals surface area (Å²) in [6.07, 6.45) is 0. The fourth-order valence-electron chi connectivity index (χ4n) is 3.17. The number of carbonyl (C=O) groups is 1. The van der Waals surface area contributed by atoms with Gasteiger partial charge in [0.15, 0.2) is 0 Å². The smallest absolute Gasteiger partial charge is 0.244 e. The van der Waals surface area contributed by atoms with Crippen molar-refractivity contribution in [2.75, 3.05) is 20.2 Å². The fraction of sp³-hybridized carbons (Fsp3) is 0.350. The van der Waals surface area contributed by atoms with E-state index in [0.717, 1.165) is 5.56 Å². The summed E-state index contributed by atoms with van der Waals surface area (Å²) in [5.74, 6) is 0.625. The molecule has 1 N–H and O–H groups in total. The van der Waals surface area contributed by atoms with E-state index >= 15 is 0 Å². The van der Waals surface area contributed by atoms with Crippen LogP contribution in [-0.2, 0) is 14.8 Å². The number of hydrogen-bond donors (Lipinski definition) is 1. The number of hydrogen-bond acceptors (Lipinski definition) is 4. The molecule has 0 aromatic heterocycles. The van der Waals surface area contributed by atoms with Gasteiger partial charge in [-0.05, 0) is 41.3 Å². The summed E-state index contributed by atoms with van der Waals surface area (Å²) >= 11 is 0. The Morgan fingerprint density at radius 1 is 1.07 bits per heavy atom. The van der Waals surface area contributed by atoms with E-state index in [-0.39, 0.29) is 23.9 Å². The van der Waals surface area contributed by atoms with Gasteiger partial charge >= 0.3 is 0 Å². The summed E-state index contributed by atoms with van der Waals surface area (Å²) in [5, 5.41) is 2.77. The Hall–Kier alpha value is -2.38. The molecular formula is C20H24N2O4S. The van der Waals surface area contributed by atoms with E-state index in [2.05, 4.69) is 19.2 Å². The Morgan fingerprint density at radius 2 is 1.70 bits per heavy atom. The molecule has 3 rings (SSSR count). The monoisotopic (exact) mass is 388 g/mol. The van der Waals surface area contributed by atoms with Gasteiger partial charge < -0.3 is 10.1 Å². The van der Waals surface area contributed by atoms with E-state index in [1.165, 1.54) is 23.5 Å². The van der Waals surface area contributed by atoms with Gasteiger partial charge in [-0.1, -0.05) is 38.1 Å². The summed E-state index contributed by atoms with van der Waals surface area (Å²) < 4.78 is 32.8. The Balaban J connectivity index is 1.98. The van der Waals surface area contributed by atoms with Gasteiger partial charge in [-0.3, -0.25) is 4.79 Å². The van der Waals surface area contributed by atoms with Gasteiger partial charge in [0.25, 0.3) is 0 Å². The molecule has 1 unspecified atom stereocenters. The van der Waals surface area contributed by atoms with Crippen molar-refractivity contribution >= 4 is 15.9 Å². The van der Waals surface area contributed by atoms with Crippen LogP contribution < -0.4 is 10.1 Å². The van der Waals surface area contributed by atoms with Crippen molar-refractivity contribution in [3.8, 4) is 5.75 Å². The van der Waals surface area contributed by atoms with Crippen LogP contribution in [0.4, 0.5) is 0 Å². The number of nitrogens with zero attached hydrogens (tertiary/aromatic N) is 1. The number of carbonyl (C=O) groups excluding carboxylic acids is 1. The van der Waals surface area contributed by atoms with Crippen LogP contribution in [0.1, 0.15) is 36.9 Å². The molecule has 0 aliphatic carbocycles. The van der Waals surface area contributed by atoms with Gasteiger partial charge in [0, 0.05) is 13.1 Å². The molecular weight excluding hydrogens is 364 g/mol. The molecule has 1 aliphatic heterocycles. The van der Waals surface area contributed by atoms with Gasteiger partial charge in [-0.25, -0.2) is 8.42 Å². The molecule has 1 fully saturated rings. The molecule has 2 aromatic carbocycles. The molecule has 6 nitrogen and oxygen atoms in total. The van der Waals surface area contributed by atoms with Gasteiger partial charge in [0.1, 0.15) is 11.8 Å². The molecule has 1 saturated heterocycles. The van der Waals surface area contributed by atoms with Crippen molar-refractivity contribution < 1.29 is 17.9 Å². The number of amides is 1. The third-order valence-electron chi connectivity index (χ3n) is 4.75. The SMILES string of the molecule is COc1ccc(S(=O)(=O)N2CCNC(=O)C2c2ccc(C(C)C)cc2)cc1. The molecule has 0 radical (unpaired) electrons. The number of nitrogens with one attached hydrogen (secondary N) is 1. The zero-order valence-corrected chi connectivity index (χ0v) is 16.5. The van der Waals surface area contributed by atoms with E-state index < -0.39 is 16.1 Å². The maximum absolute atomic E-state index is 13.2. The van der Waals surface area contributed by atoms with Crippen molar-refractivity contribution in [2.24, 2.45) is 0 Å². The third kappa shape index (κ3) is 3.84. The molecule has 1 atom stereocenters. The number of sulfonamides is 1. The van der Waals surface area contributed by atoms with Crippen molar-refractivity contribution in [3.05, 3.63) is 59.7 Å². The molecule has 144 valence electrons. The highest BCUT2D eigenvalue weighted by Gasteiger charge is 2.39. The number of methoxy groups -OCH3 is 1. The van der Waals surface area contributed by atoms with Gasteiger partial charge in [0.2, 0.25) is 15.9 Å². The second-order valence-corrected chi connectivity index (χ2v) is 8.70. The molecule has 0 spiro atoms. The van der Waals surface area contributed by atoms with E-state index in [9.17, 15) is 13.2 Å². The van der Waals surface area contributed by atoms with Crippen molar-refractivity contribution in [1.82, 2.24) is 9.62 Å². The number of ether oxygens (including phenoxy) is 1. The average molecular weight is 388 g/mol. The van der Waals surface area contributed by atoms with Crippen LogP contribution in [-0.4, -0.2) is 38.8 Å². The highest BCUT2D eigenvalue weighted by atomic mass is 32.2. The van der Waals surface area contributed by atoms with Gasteiger partial charge in [-0.2, -0.15) is 4.31 Å². The molecule has 2 aromatic rings. The Bertz CT molecular complexity index is 906. The first-order valence-electron chi connectivity index (χ1n) is 8.88. The first-order chi connectivity index (χ1) is 12.8. The molecule has 1 amide bonds. The minimum Gasteiger partial charge on any atom is -0.497 e. The second kappa shape index (κ2) is 7.70. The van der Waals surface area contributed by atoms with Crippen LogP contribution in [0.3, 0.4) is 0 Å². The third-order valence-corrected chi connectivity index (χ3v) is 6.63. The van der Waals surface area contributed by atoms with E-state index in [1.807, 2.05) is 24.3 Å². The Kier molecular flexibility index (Phi) is 5.53. The minimum absolute atomic E-state index is 0.141. The summed E-state index contributed by atoms with van der Waals surface area (Å²) in [6.45, 7) is 4.68. The Morgan fingerprint density at radius 3 is 2.26 bits per heavy atom. The highest BCUT2D eigenvalue weighted by molar-refractivity contribution is 7.89. The van der Waals surface area contributed by atoms with Gasteiger partial charge in [0.05, 0.1) is 12.0 Å². The lowest BCUT2D eigenvalue weighted by molar-refractivity contribution is -0.126. The van der Waals surface area contributed by atoms with Crippen molar-refractivity contribution in [1.29, 1.82) is 0 Å². The predicted molar refractivity (Wildman–Crippen MR) is 103 cm³/mol. The standard InChI is InChI=1S/C20H24N2O4S/c1-14(2)15-4-6-16(7-5-15)19-20(23)21-12-13-22(19)27(24,25)18-10-8-17(26-3)9-11-18/h4-11,14,19H,12-13H2,1-3H3,(H,21,23). The van der Waals surface area contributed by atoms with Gasteiger partial charge in [-0.15, -0.1) is 0 Å². The summed E-state index contributed by atoms with van der Waals surface area (Å²) in [5.41, 5.74) is 1.80. The van der Waals surface area contributed by atoms with Crippen LogP contribution in [0.25, 0.3) is 0 Å². The van der Waals surface area contributed by atoms with Crippen LogP contribution in [0.5, 0.6) is 5.75 Å². The van der Waals surface area contributed by atoms with Crippen molar-refractivity contribution in [3.63, 3.8) is 0 Å². The lowest BCUT2D eigenvalue weighted by Crippen LogP contribution is -2.52. The Labute approximate surface area is 160 Å². The molecule has 0 bridgehead atoms. The van der Waals surface area contributed by atoms with E-state index in [1.54, 1.807) is 12.1 Å².